The van der Waals surface area contributed by atoms with Gasteiger partial charge in [-0.25, -0.2) is 0 Å². The van der Waals surface area contributed by atoms with Crippen LogP contribution in [0.15, 0.2) is 54.6 Å². The number of hydrogen-bond donors (Lipinski definition) is 0. The summed E-state index contributed by atoms with van der Waals surface area (Å²) in [6.07, 6.45) is 0. The molecule has 0 saturated carbocycles. The monoisotopic (exact) mass is 411 g/mol. The summed E-state index contributed by atoms with van der Waals surface area (Å²) in [5.41, 5.74) is 1.95. The molecule has 8 heteroatoms. The number of carbonyl (C=O) groups excluding carboxylic acids is 1. The van der Waals surface area contributed by atoms with E-state index in [0.29, 0.717) is 6.54 Å². The molecular formula is C19H23Cl2N3O3. The fourth-order valence-electron chi connectivity index (χ4n) is 3.01. The molecule has 1 saturated heterocycles. The summed E-state index contributed by atoms with van der Waals surface area (Å²) in [5, 5.41) is 10.7. The lowest BCUT2D eigenvalue weighted by Gasteiger charge is -2.34. The van der Waals surface area contributed by atoms with Gasteiger partial charge in [-0.3, -0.25) is 24.7 Å². The average Bonchev–Trinajstić information content (AvgIpc) is 2.64. The zero-order valence-electron chi connectivity index (χ0n) is 14.8. The number of hydrogen-bond acceptors (Lipinski definition) is 5. The van der Waals surface area contributed by atoms with E-state index in [1.807, 2.05) is 42.5 Å². The van der Waals surface area contributed by atoms with Crippen LogP contribution in [0.3, 0.4) is 0 Å². The molecule has 146 valence electrons. The Hall–Kier alpha value is -1.99. The molecule has 0 atom stereocenters. The van der Waals surface area contributed by atoms with Crippen LogP contribution < -0.4 is 0 Å². The Morgan fingerprint density at radius 2 is 1.44 bits per heavy atom. The maximum absolute atomic E-state index is 12.3. The molecule has 0 N–H and O–H groups in total. The summed E-state index contributed by atoms with van der Waals surface area (Å²) < 4.78 is 0. The van der Waals surface area contributed by atoms with Crippen molar-refractivity contribution in [2.45, 2.75) is 6.54 Å². The van der Waals surface area contributed by atoms with Crippen LogP contribution >= 0.6 is 24.8 Å². The largest absolute Gasteiger partial charge is 0.297 e. The second-order valence-corrected chi connectivity index (χ2v) is 6.27. The molecule has 6 nitrogen and oxygen atoms in total. The Morgan fingerprint density at radius 1 is 0.889 bits per heavy atom. The first-order chi connectivity index (χ1) is 12.1. The van der Waals surface area contributed by atoms with Crippen molar-refractivity contribution in [2.75, 3.05) is 32.7 Å². The minimum atomic E-state index is -0.383. The SMILES string of the molecule is Cl.Cl.O=C(CN1CCN(Cc2ccc([N+](=O)[O-])cc2)CC1)c1ccccc1. The third-order valence-corrected chi connectivity index (χ3v) is 4.48. The van der Waals surface area contributed by atoms with Crippen LogP contribution in [-0.2, 0) is 6.54 Å². The molecule has 0 spiro atoms. The van der Waals surface area contributed by atoms with E-state index in [1.54, 1.807) is 12.1 Å². The minimum absolute atomic E-state index is 0. The predicted octanol–water partition coefficient (Wildman–Crippen LogP) is 3.44. The summed E-state index contributed by atoms with van der Waals surface area (Å²) in [6, 6.07) is 16.1. The van der Waals surface area contributed by atoms with Crippen LogP contribution in [0.1, 0.15) is 15.9 Å². The normalized spacial score (nSPS) is 14.7. The first kappa shape index (κ1) is 23.0. The Balaban J connectivity index is 0.00000182. The highest BCUT2D eigenvalue weighted by Gasteiger charge is 2.19. The van der Waals surface area contributed by atoms with Gasteiger partial charge in [-0.15, -0.1) is 24.8 Å². The standard InChI is InChI=1S/C19H21N3O3.2ClH/c23-19(17-4-2-1-3-5-17)15-21-12-10-20(11-13-21)14-16-6-8-18(9-7-16)22(24)25;;/h1-9H,10-15H2;2*1H. The van der Waals surface area contributed by atoms with Crippen molar-refractivity contribution in [1.29, 1.82) is 0 Å². The van der Waals surface area contributed by atoms with Gasteiger partial charge in [-0.05, 0) is 5.56 Å². The van der Waals surface area contributed by atoms with Gasteiger partial charge in [0.05, 0.1) is 11.5 Å². The van der Waals surface area contributed by atoms with Crippen molar-refractivity contribution in [2.24, 2.45) is 0 Å². The Kier molecular flexibility index (Phi) is 9.38. The smallest absolute Gasteiger partial charge is 0.269 e. The van der Waals surface area contributed by atoms with E-state index in [-0.39, 0.29) is 41.2 Å². The molecule has 0 bridgehead atoms. The zero-order valence-corrected chi connectivity index (χ0v) is 16.5. The first-order valence-corrected chi connectivity index (χ1v) is 8.38. The molecule has 0 radical (unpaired) electrons. The van der Waals surface area contributed by atoms with E-state index < -0.39 is 0 Å². The van der Waals surface area contributed by atoms with Crippen LogP contribution in [0.25, 0.3) is 0 Å². The van der Waals surface area contributed by atoms with Gasteiger partial charge in [-0.2, -0.15) is 0 Å². The van der Waals surface area contributed by atoms with Crippen molar-refractivity contribution < 1.29 is 9.72 Å². The van der Waals surface area contributed by atoms with Gasteiger partial charge in [0, 0.05) is 50.4 Å². The lowest BCUT2D eigenvalue weighted by molar-refractivity contribution is -0.384. The summed E-state index contributed by atoms with van der Waals surface area (Å²) >= 11 is 0. The number of benzene rings is 2. The van der Waals surface area contributed by atoms with Crippen LogP contribution in [0.4, 0.5) is 5.69 Å². The van der Waals surface area contributed by atoms with Crippen LogP contribution in [0.5, 0.6) is 0 Å². The van der Waals surface area contributed by atoms with Crippen molar-refractivity contribution in [3.8, 4) is 0 Å². The van der Waals surface area contributed by atoms with Crippen molar-refractivity contribution in [1.82, 2.24) is 9.80 Å². The highest BCUT2D eigenvalue weighted by atomic mass is 35.5. The number of nitrogens with zero attached hydrogens (tertiary/aromatic N) is 3. The molecule has 1 aliphatic heterocycles. The first-order valence-electron chi connectivity index (χ1n) is 8.38. The fraction of sp³-hybridized carbons (Fsp3) is 0.316. The molecule has 3 rings (SSSR count). The Morgan fingerprint density at radius 3 is 2.00 bits per heavy atom. The number of nitro groups is 1. The van der Waals surface area contributed by atoms with E-state index in [2.05, 4.69) is 9.80 Å². The fourth-order valence-corrected chi connectivity index (χ4v) is 3.01. The summed E-state index contributed by atoms with van der Waals surface area (Å²) in [6.45, 7) is 4.71. The van der Waals surface area contributed by atoms with Crippen molar-refractivity contribution in [3.63, 3.8) is 0 Å². The second-order valence-electron chi connectivity index (χ2n) is 6.27. The topological polar surface area (TPSA) is 66.7 Å². The van der Waals surface area contributed by atoms with Gasteiger partial charge in [0.15, 0.2) is 5.78 Å². The number of non-ortho nitro benzene ring substituents is 1. The molecule has 0 aromatic heterocycles. The van der Waals surface area contributed by atoms with Gasteiger partial charge in [-0.1, -0.05) is 42.5 Å². The lowest BCUT2D eigenvalue weighted by atomic mass is 10.1. The van der Waals surface area contributed by atoms with E-state index in [1.165, 1.54) is 0 Å². The zero-order chi connectivity index (χ0) is 17.6. The maximum Gasteiger partial charge on any atom is 0.269 e. The number of rotatable bonds is 6. The highest BCUT2D eigenvalue weighted by Crippen LogP contribution is 2.14. The van der Waals surface area contributed by atoms with Crippen molar-refractivity contribution in [3.05, 3.63) is 75.8 Å². The number of ketones is 1. The van der Waals surface area contributed by atoms with Gasteiger partial charge in [0.1, 0.15) is 0 Å². The number of halogens is 2. The Labute approximate surface area is 171 Å². The second kappa shape index (κ2) is 11.0. The highest BCUT2D eigenvalue weighted by molar-refractivity contribution is 5.97. The van der Waals surface area contributed by atoms with Crippen LogP contribution in [-0.4, -0.2) is 53.2 Å². The molecule has 2 aromatic rings. The molecule has 2 aromatic carbocycles. The number of carbonyl (C=O) groups is 1. The minimum Gasteiger partial charge on any atom is -0.297 e. The summed E-state index contributed by atoms with van der Waals surface area (Å²) in [4.78, 5) is 27.1. The summed E-state index contributed by atoms with van der Waals surface area (Å²) in [7, 11) is 0. The molecule has 1 fully saturated rings. The molecule has 0 amide bonds. The van der Waals surface area contributed by atoms with Crippen LogP contribution in [0.2, 0.25) is 0 Å². The summed E-state index contributed by atoms with van der Waals surface area (Å²) in [5.74, 6) is 0.157. The number of nitro benzene ring substituents is 1. The number of piperazine rings is 1. The van der Waals surface area contributed by atoms with Gasteiger partial charge in [0.25, 0.3) is 5.69 Å². The predicted molar refractivity (Wildman–Crippen MR) is 110 cm³/mol. The van der Waals surface area contributed by atoms with E-state index in [4.69, 9.17) is 0 Å². The Bertz CT molecular complexity index is 734. The molecule has 1 heterocycles. The quantitative estimate of drug-likeness (QED) is 0.413. The van der Waals surface area contributed by atoms with E-state index in [0.717, 1.165) is 43.9 Å². The van der Waals surface area contributed by atoms with Gasteiger partial charge < -0.3 is 0 Å². The van der Waals surface area contributed by atoms with Crippen LogP contribution in [0, 0.1) is 10.1 Å². The third-order valence-electron chi connectivity index (χ3n) is 4.48. The lowest BCUT2D eigenvalue weighted by Crippen LogP contribution is -2.47. The molecular weight excluding hydrogens is 389 g/mol. The van der Waals surface area contributed by atoms with E-state index >= 15 is 0 Å². The van der Waals surface area contributed by atoms with Gasteiger partial charge >= 0.3 is 0 Å². The maximum atomic E-state index is 12.3. The molecule has 0 unspecified atom stereocenters. The van der Waals surface area contributed by atoms with Gasteiger partial charge in [0.2, 0.25) is 0 Å². The van der Waals surface area contributed by atoms with E-state index in [9.17, 15) is 14.9 Å². The third kappa shape index (κ3) is 6.59. The molecule has 1 aliphatic rings. The molecule has 27 heavy (non-hydrogen) atoms. The average molecular weight is 412 g/mol. The number of Topliss-reactive ketones (excluding diaryl/α,β-unsaturated/α-hetero) is 1. The molecule has 0 aliphatic carbocycles. The van der Waals surface area contributed by atoms with Crippen molar-refractivity contribution >= 4 is 36.3 Å².